The largest absolute Gasteiger partial charge is 0.396 e. The number of halogens is 2. The second-order valence-electron chi connectivity index (χ2n) is 4.25. The number of anilines is 1. The van der Waals surface area contributed by atoms with Crippen molar-refractivity contribution >= 4 is 34.8 Å². The summed E-state index contributed by atoms with van der Waals surface area (Å²) in [4.78, 5) is 13.7. The summed E-state index contributed by atoms with van der Waals surface area (Å²) in [5.41, 5.74) is 0.565. The summed E-state index contributed by atoms with van der Waals surface area (Å²) in [6, 6.07) is 4.85. The van der Waals surface area contributed by atoms with Gasteiger partial charge in [0.05, 0.1) is 23.2 Å². The molecule has 0 aliphatic rings. The fourth-order valence-corrected chi connectivity index (χ4v) is 1.98. The van der Waals surface area contributed by atoms with E-state index in [9.17, 15) is 4.79 Å². The quantitative estimate of drug-likeness (QED) is 0.680. The number of aliphatic hydroxyl groups is 2. The van der Waals surface area contributed by atoms with Gasteiger partial charge in [0.25, 0.3) is 0 Å². The summed E-state index contributed by atoms with van der Waals surface area (Å²) in [7, 11) is 0. The van der Waals surface area contributed by atoms with E-state index in [0.29, 0.717) is 35.2 Å². The number of hydrogen-bond acceptors (Lipinski definition) is 4. The van der Waals surface area contributed by atoms with Crippen LogP contribution in [-0.2, 0) is 4.79 Å². The van der Waals surface area contributed by atoms with E-state index < -0.39 is 0 Å². The van der Waals surface area contributed by atoms with Gasteiger partial charge in [-0.2, -0.15) is 0 Å². The molecule has 0 saturated heterocycles. The van der Waals surface area contributed by atoms with Crippen LogP contribution in [0.3, 0.4) is 0 Å². The third kappa shape index (κ3) is 6.07. The SMILES string of the molecule is O=C(CN(CCO)CCCO)Nc1ccc(Cl)c(Cl)c1. The Morgan fingerprint density at radius 2 is 1.90 bits per heavy atom. The molecule has 3 N–H and O–H groups in total. The summed E-state index contributed by atoms with van der Waals surface area (Å²) in [5, 5.41) is 21.2. The molecule has 0 heterocycles. The standard InChI is InChI=1S/C13H18Cl2N2O3/c14-11-3-2-10(8-12(11)15)16-13(20)9-17(5-7-19)4-1-6-18/h2-3,8,18-19H,1,4-7,9H2,(H,16,20). The topological polar surface area (TPSA) is 72.8 Å². The molecule has 0 saturated carbocycles. The van der Waals surface area contributed by atoms with Crippen LogP contribution in [0, 0.1) is 0 Å². The molecule has 20 heavy (non-hydrogen) atoms. The van der Waals surface area contributed by atoms with Gasteiger partial charge in [0.2, 0.25) is 5.91 Å². The van der Waals surface area contributed by atoms with Crippen molar-refractivity contribution in [2.75, 3.05) is 38.2 Å². The van der Waals surface area contributed by atoms with Gasteiger partial charge in [0.15, 0.2) is 0 Å². The Bertz CT molecular complexity index is 444. The highest BCUT2D eigenvalue weighted by Crippen LogP contribution is 2.24. The number of carbonyl (C=O) groups is 1. The van der Waals surface area contributed by atoms with Crippen molar-refractivity contribution in [2.45, 2.75) is 6.42 Å². The molecule has 0 fully saturated rings. The van der Waals surface area contributed by atoms with Gasteiger partial charge >= 0.3 is 0 Å². The third-order valence-electron chi connectivity index (χ3n) is 2.62. The van der Waals surface area contributed by atoms with Crippen molar-refractivity contribution in [1.29, 1.82) is 0 Å². The lowest BCUT2D eigenvalue weighted by Gasteiger charge is -2.20. The number of nitrogens with one attached hydrogen (secondary N) is 1. The summed E-state index contributed by atoms with van der Waals surface area (Å²) in [6.07, 6.45) is 0.556. The van der Waals surface area contributed by atoms with E-state index >= 15 is 0 Å². The maximum atomic E-state index is 11.9. The molecule has 5 nitrogen and oxygen atoms in total. The van der Waals surface area contributed by atoms with Gasteiger partial charge in [-0.25, -0.2) is 0 Å². The minimum Gasteiger partial charge on any atom is -0.396 e. The lowest BCUT2D eigenvalue weighted by molar-refractivity contribution is -0.117. The average molecular weight is 321 g/mol. The number of benzene rings is 1. The molecule has 0 aliphatic carbocycles. The maximum absolute atomic E-state index is 11.9. The van der Waals surface area contributed by atoms with Crippen LogP contribution in [0.25, 0.3) is 0 Å². The van der Waals surface area contributed by atoms with E-state index in [-0.39, 0.29) is 25.7 Å². The van der Waals surface area contributed by atoms with E-state index in [0.717, 1.165) is 0 Å². The van der Waals surface area contributed by atoms with Gasteiger partial charge in [-0.05, 0) is 24.6 Å². The highest BCUT2D eigenvalue weighted by atomic mass is 35.5. The monoisotopic (exact) mass is 320 g/mol. The Morgan fingerprint density at radius 1 is 1.15 bits per heavy atom. The van der Waals surface area contributed by atoms with Crippen molar-refractivity contribution in [2.24, 2.45) is 0 Å². The molecule has 1 rings (SSSR count). The van der Waals surface area contributed by atoms with Crippen LogP contribution < -0.4 is 5.32 Å². The van der Waals surface area contributed by atoms with E-state index in [1.807, 2.05) is 0 Å². The number of aliphatic hydroxyl groups excluding tert-OH is 2. The van der Waals surface area contributed by atoms with Crippen molar-refractivity contribution < 1.29 is 15.0 Å². The van der Waals surface area contributed by atoms with Crippen LogP contribution in [0.2, 0.25) is 10.0 Å². The van der Waals surface area contributed by atoms with Gasteiger partial charge in [-0.3, -0.25) is 9.69 Å². The van der Waals surface area contributed by atoms with Gasteiger partial charge in [0.1, 0.15) is 0 Å². The summed E-state index contributed by atoms with van der Waals surface area (Å²) < 4.78 is 0. The second kappa shape index (κ2) is 9.15. The zero-order valence-electron chi connectivity index (χ0n) is 11.0. The molecular weight excluding hydrogens is 303 g/mol. The number of nitrogens with zero attached hydrogens (tertiary/aromatic N) is 1. The minimum absolute atomic E-state index is 0.0362. The predicted molar refractivity (Wildman–Crippen MR) is 80.3 cm³/mol. The number of amides is 1. The molecule has 0 aromatic heterocycles. The van der Waals surface area contributed by atoms with Crippen LogP contribution in [0.4, 0.5) is 5.69 Å². The number of carbonyl (C=O) groups excluding carboxylic acids is 1. The lowest BCUT2D eigenvalue weighted by atomic mass is 10.3. The van der Waals surface area contributed by atoms with Crippen molar-refractivity contribution in [3.8, 4) is 0 Å². The number of rotatable bonds is 8. The van der Waals surface area contributed by atoms with Crippen molar-refractivity contribution in [3.05, 3.63) is 28.2 Å². The Kier molecular flexibility index (Phi) is 7.87. The molecule has 1 aromatic rings. The molecule has 7 heteroatoms. The van der Waals surface area contributed by atoms with Crippen LogP contribution in [0.5, 0.6) is 0 Å². The molecule has 1 aromatic carbocycles. The lowest BCUT2D eigenvalue weighted by Crippen LogP contribution is -2.36. The van der Waals surface area contributed by atoms with Gasteiger partial charge in [-0.1, -0.05) is 23.2 Å². The second-order valence-corrected chi connectivity index (χ2v) is 5.07. The minimum atomic E-state index is -0.213. The van der Waals surface area contributed by atoms with E-state index in [2.05, 4.69) is 5.32 Å². The molecule has 0 unspecified atom stereocenters. The van der Waals surface area contributed by atoms with E-state index in [1.54, 1.807) is 23.1 Å². The van der Waals surface area contributed by atoms with E-state index in [4.69, 9.17) is 33.4 Å². The molecule has 112 valence electrons. The average Bonchev–Trinajstić information content (AvgIpc) is 2.40. The first-order valence-electron chi connectivity index (χ1n) is 6.25. The molecule has 0 radical (unpaired) electrons. The summed E-state index contributed by atoms with van der Waals surface area (Å²) in [5.74, 6) is -0.213. The summed E-state index contributed by atoms with van der Waals surface area (Å²) in [6.45, 7) is 1.09. The first kappa shape index (κ1) is 17.2. The van der Waals surface area contributed by atoms with Crippen LogP contribution in [0.1, 0.15) is 6.42 Å². The van der Waals surface area contributed by atoms with Crippen molar-refractivity contribution in [3.63, 3.8) is 0 Å². The predicted octanol–water partition coefficient (Wildman–Crippen LogP) is 1.61. The molecule has 0 spiro atoms. The molecule has 0 bridgehead atoms. The Balaban J connectivity index is 2.53. The Morgan fingerprint density at radius 3 is 2.50 bits per heavy atom. The first-order chi connectivity index (χ1) is 9.56. The fourth-order valence-electron chi connectivity index (χ4n) is 1.68. The zero-order valence-corrected chi connectivity index (χ0v) is 12.5. The Hall–Kier alpha value is -0.850. The molecular formula is C13H18Cl2N2O3. The third-order valence-corrected chi connectivity index (χ3v) is 3.36. The zero-order chi connectivity index (χ0) is 15.0. The normalized spacial score (nSPS) is 10.8. The van der Waals surface area contributed by atoms with Gasteiger partial charge < -0.3 is 15.5 Å². The first-order valence-corrected chi connectivity index (χ1v) is 7.01. The summed E-state index contributed by atoms with van der Waals surface area (Å²) >= 11 is 11.7. The van der Waals surface area contributed by atoms with Crippen LogP contribution >= 0.6 is 23.2 Å². The van der Waals surface area contributed by atoms with Crippen LogP contribution in [0.15, 0.2) is 18.2 Å². The van der Waals surface area contributed by atoms with Crippen LogP contribution in [-0.4, -0.2) is 53.9 Å². The highest BCUT2D eigenvalue weighted by Gasteiger charge is 2.10. The van der Waals surface area contributed by atoms with E-state index in [1.165, 1.54) is 0 Å². The Labute approximate surface area is 128 Å². The van der Waals surface area contributed by atoms with Gasteiger partial charge in [0, 0.05) is 25.4 Å². The van der Waals surface area contributed by atoms with Gasteiger partial charge in [-0.15, -0.1) is 0 Å². The fraction of sp³-hybridized carbons (Fsp3) is 0.462. The highest BCUT2D eigenvalue weighted by molar-refractivity contribution is 6.42. The molecule has 0 atom stereocenters. The van der Waals surface area contributed by atoms with Crippen molar-refractivity contribution in [1.82, 2.24) is 4.90 Å². The smallest absolute Gasteiger partial charge is 0.238 e. The number of hydrogen-bond donors (Lipinski definition) is 3. The molecule has 1 amide bonds. The molecule has 0 aliphatic heterocycles. The maximum Gasteiger partial charge on any atom is 0.238 e.